The first-order valence-corrected chi connectivity index (χ1v) is 5.42. The largest absolute Gasteiger partial charge is 0.383 e. The number of anilines is 1. The van der Waals surface area contributed by atoms with Crippen LogP contribution < -0.4 is 11.4 Å². The number of halogens is 1. The molecular weight excluding hydrogens is 297 g/mol. The molecule has 0 amide bonds. The standard InChI is InChI=1S/C8H10IN3O2/c9-5-4-12(6-2-1-3-14-6)8(13)11-7(5)10/h4,6H,1-3H2,(H2,10,11,13). The summed E-state index contributed by atoms with van der Waals surface area (Å²) >= 11 is 2.05. The minimum Gasteiger partial charge on any atom is -0.383 e. The topological polar surface area (TPSA) is 70.1 Å². The van der Waals surface area contributed by atoms with E-state index in [-0.39, 0.29) is 17.7 Å². The third-order valence-corrected chi connectivity index (χ3v) is 2.98. The van der Waals surface area contributed by atoms with Crippen LogP contribution >= 0.6 is 22.6 Å². The van der Waals surface area contributed by atoms with E-state index >= 15 is 0 Å². The van der Waals surface area contributed by atoms with Gasteiger partial charge >= 0.3 is 5.69 Å². The van der Waals surface area contributed by atoms with Crippen molar-refractivity contribution >= 4 is 28.4 Å². The quantitative estimate of drug-likeness (QED) is 0.777. The van der Waals surface area contributed by atoms with Crippen molar-refractivity contribution < 1.29 is 4.74 Å². The molecule has 2 N–H and O–H groups in total. The lowest BCUT2D eigenvalue weighted by Crippen LogP contribution is -2.27. The van der Waals surface area contributed by atoms with E-state index in [4.69, 9.17) is 10.5 Å². The van der Waals surface area contributed by atoms with Gasteiger partial charge in [-0.3, -0.25) is 4.57 Å². The van der Waals surface area contributed by atoms with E-state index in [1.54, 1.807) is 6.20 Å². The number of rotatable bonds is 1. The molecule has 0 aromatic carbocycles. The summed E-state index contributed by atoms with van der Waals surface area (Å²) in [5.74, 6) is 0.282. The minimum absolute atomic E-state index is 0.163. The summed E-state index contributed by atoms with van der Waals surface area (Å²) in [6.45, 7) is 0.706. The van der Waals surface area contributed by atoms with Gasteiger partial charge in [-0.25, -0.2) is 4.79 Å². The molecule has 0 radical (unpaired) electrons. The van der Waals surface area contributed by atoms with Gasteiger partial charge < -0.3 is 10.5 Å². The second-order valence-electron chi connectivity index (χ2n) is 3.13. The van der Waals surface area contributed by atoms with E-state index in [0.717, 1.165) is 16.4 Å². The van der Waals surface area contributed by atoms with Gasteiger partial charge in [0, 0.05) is 12.8 Å². The van der Waals surface area contributed by atoms with Crippen LogP contribution in [0.5, 0.6) is 0 Å². The average molecular weight is 307 g/mol. The van der Waals surface area contributed by atoms with E-state index < -0.39 is 0 Å². The smallest absolute Gasteiger partial charge is 0.351 e. The Bertz CT molecular complexity index is 398. The van der Waals surface area contributed by atoms with Crippen LogP contribution in [0.3, 0.4) is 0 Å². The molecule has 0 saturated carbocycles. The van der Waals surface area contributed by atoms with Crippen molar-refractivity contribution in [2.75, 3.05) is 12.3 Å². The first kappa shape index (κ1) is 9.91. The van der Waals surface area contributed by atoms with Gasteiger partial charge in [-0.2, -0.15) is 4.98 Å². The Morgan fingerprint density at radius 1 is 1.71 bits per heavy atom. The maximum absolute atomic E-state index is 11.5. The summed E-state index contributed by atoms with van der Waals surface area (Å²) in [6.07, 6.45) is 3.38. The SMILES string of the molecule is Nc1nc(=O)n(C2CCCO2)cc1I. The van der Waals surface area contributed by atoms with Crippen LogP contribution in [-0.4, -0.2) is 16.2 Å². The molecule has 1 aliphatic heterocycles. The van der Waals surface area contributed by atoms with E-state index in [1.165, 1.54) is 4.57 Å². The molecule has 1 aromatic heterocycles. The van der Waals surface area contributed by atoms with Crippen LogP contribution in [-0.2, 0) is 4.74 Å². The first-order chi connectivity index (χ1) is 6.68. The van der Waals surface area contributed by atoms with E-state index in [9.17, 15) is 4.79 Å². The summed E-state index contributed by atoms with van der Waals surface area (Å²) in [5.41, 5.74) is 5.18. The van der Waals surface area contributed by atoms with Gasteiger partial charge in [-0.1, -0.05) is 0 Å². The Balaban J connectivity index is 2.42. The second kappa shape index (κ2) is 3.85. The monoisotopic (exact) mass is 307 g/mol. The number of nitrogens with zero attached hydrogens (tertiary/aromatic N) is 2. The number of ether oxygens (including phenoxy) is 1. The van der Waals surface area contributed by atoms with Crippen molar-refractivity contribution in [1.82, 2.24) is 9.55 Å². The highest BCUT2D eigenvalue weighted by atomic mass is 127. The summed E-state index contributed by atoms with van der Waals surface area (Å²) in [7, 11) is 0. The van der Waals surface area contributed by atoms with Crippen molar-refractivity contribution in [3.8, 4) is 0 Å². The predicted octanol–water partition coefficient (Wildman–Crippen LogP) is 0.739. The number of hydrogen-bond donors (Lipinski definition) is 1. The van der Waals surface area contributed by atoms with Crippen LogP contribution in [0.25, 0.3) is 0 Å². The number of hydrogen-bond acceptors (Lipinski definition) is 4. The molecular formula is C8H10IN3O2. The summed E-state index contributed by atoms with van der Waals surface area (Å²) in [5, 5.41) is 0. The fraction of sp³-hybridized carbons (Fsp3) is 0.500. The molecule has 2 rings (SSSR count). The molecule has 1 saturated heterocycles. The van der Waals surface area contributed by atoms with E-state index in [0.29, 0.717) is 6.61 Å². The normalized spacial score (nSPS) is 21.4. The Morgan fingerprint density at radius 2 is 2.50 bits per heavy atom. The molecule has 6 heteroatoms. The molecule has 1 aromatic rings. The number of aromatic nitrogens is 2. The zero-order valence-electron chi connectivity index (χ0n) is 7.44. The van der Waals surface area contributed by atoms with E-state index in [1.807, 2.05) is 0 Å². The Labute approximate surface area is 94.4 Å². The molecule has 0 spiro atoms. The van der Waals surface area contributed by atoms with Crippen molar-refractivity contribution in [3.63, 3.8) is 0 Å². The maximum atomic E-state index is 11.5. The Kier molecular flexibility index (Phi) is 2.73. The second-order valence-corrected chi connectivity index (χ2v) is 4.29. The number of nitrogens with two attached hydrogens (primary N) is 1. The predicted molar refractivity (Wildman–Crippen MR) is 59.8 cm³/mol. The number of nitrogen functional groups attached to an aromatic ring is 1. The summed E-state index contributed by atoms with van der Waals surface area (Å²) in [6, 6.07) is 0. The van der Waals surface area contributed by atoms with Gasteiger partial charge in [0.1, 0.15) is 12.0 Å². The highest BCUT2D eigenvalue weighted by molar-refractivity contribution is 14.1. The van der Waals surface area contributed by atoms with Gasteiger partial charge in [0.15, 0.2) is 0 Å². The van der Waals surface area contributed by atoms with Crippen molar-refractivity contribution in [3.05, 3.63) is 20.3 Å². The van der Waals surface area contributed by atoms with Gasteiger partial charge in [0.05, 0.1) is 3.57 Å². The van der Waals surface area contributed by atoms with Gasteiger partial charge in [-0.15, -0.1) is 0 Å². The van der Waals surface area contributed by atoms with E-state index in [2.05, 4.69) is 27.6 Å². The fourth-order valence-corrected chi connectivity index (χ4v) is 1.86. The van der Waals surface area contributed by atoms with Crippen molar-refractivity contribution in [2.24, 2.45) is 0 Å². The van der Waals surface area contributed by atoms with Gasteiger partial charge in [0.25, 0.3) is 0 Å². The molecule has 0 bridgehead atoms. The Morgan fingerprint density at radius 3 is 3.14 bits per heavy atom. The lowest BCUT2D eigenvalue weighted by molar-refractivity contribution is 0.0526. The zero-order valence-corrected chi connectivity index (χ0v) is 9.60. The third kappa shape index (κ3) is 1.76. The van der Waals surface area contributed by atoms with Crippen LogP contribution in [0, 0.1) is 3.57 Å². The Hall–Kier alpha value is -0.630. The average Bonchev–Trinajstić information content (AvgIpc) is 2.64. The van der Waals surface area contributed by atoms with Gasteiger partial charge in [-0.05, 0) is 35.4 Å². The summed E-state index contributed by atoms with van der Waals surface area (Å²) in [4.78, 5) is 15.2. The molecule has 14 heavy (non-hydrogen) atoms. The lowest BCUT2D eigenvalue weighted by Gasteiger charge is -2.12. The van der Waals surface area contributed by atoms with Crippen LogP contribution in [0.4, 0.5) is 5.82 Å². The molecule has 76 valence electrons. The van der Waals surface area contributed by atoms with Gasteiger partial charge in [0.2, 0.25) is 0 Å². The molecule has 2 heterocycles. The van der Waals surface area contributed by atoms with Crippen LogP contribution in [0.1, 0.15) is 19.1 Å². The highest BCUT2D eigenvalue weighted by Crippen LogP contribution is 2.22. The molecule has 0 aliphatic carbocycles. The maximum Gasteiger partial charge on any atom is 0.351 e. The van der Waals surface area contributed by atoms with Crippen molar-refractivity contribution in [1.29, 1.82) is 0 Å². The highest BCUT2D eigenvalue weighted by Gasteiger charge is 2.19. The third-order valence-electron chi connectivity index (χ3n) is 2.15. The minimum atomic E-state index is -0.338. The first-order valence-electron chi connectivity index (χ1n) is 4.34. The molecule has 5 nitrogen and oxygen atoms in total. The molecule has 1 unspecified atom stereocenters. The zero-order chi connectivity index (χ0) is 10.1. The van der Waals surface area contributed by atoms with Crippen LogP contribution in [0.15, 0.2) is 11.0 Å². The molecule has 1 atom stereocenters. The molecule has 1 aliphatic rings. The lowest BCUT2D eigenvalue weighted by atomic mass is 10.3. The fourth-order valence-electron chi connectivity index (χ4n) is 1.44. The van der Waals surface area contributed by atoms with Crippen molar-refractivity contribution in [2.45, 2.75) is 19.1 Å². The summed E-state index contributed by atoms with van der Waals surface area (Å²) < 4.78 is 7.67. The van der Waals surface area contributed by atoms with Crippen LogP contribution in [0.2, 0.25) is 0 Å². The molecule has 1 fully saturated rings.